The highest BCUT2D eigenvalue weighted by Crippen LogP contribution is 2.46. The number of rotatable bonds is 9. The first-order valence-electron chi connectivity index (χ1n) is 14.1. The summed E-state index contributed by atoms with van der Waals surface area (Å²) >= 11 is 6.14. The van der Waals surface area contributed by atoms with Crippen molar-refractivity contribution >= 4 is 45.9 Å². The molecule has 11 heteroatoms. The lowest BCUT2D eigenvalue weighted by molar-refractivity contribution is -0.330. The molecular formula is C32H34ClF3N4O3. The number of para-hydroxylation sites is 1. The number of hydrogen-bond acceptors (Lipinski definition) is 5. The molecule has 1 aliphatic carbocycles. The average Bonchev–Trinajstić information content (AvgIpc) is 3.28. The van der Waals surface area contributed by atoms with Crippen molar-refractivity contribution in [3.8, 4) is 5.75 Å². The Bertz CT molecular complexity index is 1590. The van der Waals surface area contributed by atoms with Crippen molar-refractivity contribution in [2.24, 2.45) is 11.3 Å². The minimum Gasteiger partial charge on any atom is -0.484 e. The molecule has 2 N–H and O–H groups in total. The van der Waals surface area contributed by atoms with Crippen LogP contribution < -0.4 is 15.4 Å². The maximum Gasteiger partial charge on any atom is 0.522 e. The first kappa shape index (κ1) is 30.7. The monoisotopic (exact) mass is 614 g/mol. The van der Waals surface area contributed by atoms with Crippen LogP contribution in [0.25, 0.3) is 11.0 Å². The molecule has 1 aliphatic rings. The Morgan fingerprint density at radius 3 is 2.53 bits per heavy atom. The first-order chi connectivity index (χ1) is 20.3. The van der Waals surface area contributed by atoms with Crippen LogP contribution in [0, 0.1) is 11.3 Å². The second-order valence-electron chi connectivity index (χ2n) is 11.9. The van der Waals surface area contributed by atoms with Gasteiger partial charge in [0.25, 0.3) is 5.91 Å². The zero-order chi connectivity index (χ0) is 30.8. The van der Waals surface area contributed by atoms with Gasteiger partial charge in [-0.1, -0.05) is 56.6 Å². The van der Waals surface area contributed by atoms with Crippen LogP contribution in [-0.4, -0.2) is 28.4 Å². The van der Waals surface area contributed by atoms with Crippen LogP contribution >= 0.6 is 11.6 Å². The molecule has 0 radical (unpaired) electrons. The van der Waals surface area contributed by atoms with Crippen LogP contribution in [0.5, 0.6) is 5.75 Å². The van der Waals surface area contributed by atoms with Gasteiger partial charge in [0.15, 0.2) is 6.61 Å². The minimum absolute atomic E-state index is 0.147. The van der Waals surface area contributed by atoms with Gasteiger partial charge < -0.3 is 19.9 Å². The predicted octanol–water partition coefficient (Wildman–Crippen LogP) is 8.87. The van der Waals surface area contributed by atoms with Crippen molar-refractivity contribution in [2.75, 3.05) is 17.2 Å². The van der Waals surface area contributed by atoms with Crippen molar-refractivity contribution in [1.82, 2.24) is 9.55 Å². The molecule has 0 aliphatic heterocycles. The van der Waals surface area contributed by atoms with E-state index in [1.807, 2.05) is 12.1 Å². The molecule has 3 aromatic carbocycles. The standard InChI is InChI=1S/C32H34ClF3N4O3/c1-20-14-23(17-31(2,3)16-20)40-28-13-12-24(42-19-29(41)38-26-7-5-4-6-25(26)33)15-27(28)39-30(40)37-22-10-8-21(9-11-22)18-43-32(34,35)36/h4-13,15,20,23H,14,16-19H2,1-3H3,(H,37,39)(H,38,41). The van der Waals surface area contributed by atoms with Crippen LogP contribution in [0.2, 0.25) is 5.02 Å². The topological polar surface area (TPSA) is 77.4 Å². The molecule has 2 unspecified atom stereocenters. The summed E-state index contributed by atoms with van der Waals surface area (Å²) in [5, 5.41) is 6.55. The SMILES string of the molecule is CC1CC(n2c(Nc3ccc(COC(F)(F)F)cc3)nc3cc(OCC(=O)Nc4ccccc4Cl)ccc32)CC(C)(C)C1. The van der Waals surface area contributed by atoms with E-state index < -0.39 is 13.0 Å². The Morgan fingerprint density at radius 1 is 1.09 bits per heavy atom. The molecule has 0 spiro atoms. The quantitative estimate of drug-likeness (QED) is 0.197. The van der Waals surface area contributed by atoms with Crippen LogP contribution in [0.4, 0.5) is 30.5 Å². The summed E-state index contributed by atoms with van der Waals surface area (Å²) in [6.45, 7) is 6.06. The summed E-state index contributed by atoms with van der Waals surface area (Å²) in [6.07, 6.45) is -1.60. The molecule has 228 valence electrons. The number of nitrogens with zero attached hydrogens (tertiary/aromatic N) is 2. The van der Waals surface area contributed by atoms with Crippen molar-refractivity contribution in [3.05, 3.63) is 77.3 Å². The third kappa shape index (κ3) is 8.00. The number of fused-ring (bicyclic) bond motifs is 1. The normalized spacial score (nSPS) is 18.4. The van der Waals surface area contributed by atoms with Gasteiger partial charge in [0.2, 0.25) is 5.95 Å². The van der Waals surface area contributed by atoms with Crippen LogP contribution in [0.3, 0.4) is 0 Å². The van der Waals surface area contributed by atoms with E-state index in [9.17, 15) is 18.0 Å². The van der Waals surface area contributed by atoms with E-state index in [0.717, 1.165) is 24.8 Å². The lowest BCUT2D eigenvalue weighted by atomic mass is 9.70. The number of aromatic nitrogens is 2. The second kappa shape index (κ2) is 12.5. The van der Waals surface area contributed by atoms with E-state index >= 15 is 0 Å². The molecule has 5 rings (SSSR count). The number of benzene rings is 3. The van der Waals surface area contributed by atoms with Gasteiger partial charge in [-0.05, 0) is 72.6 Å². The Balaban J connectivity index is 1.38. The fraction of sp³-hybridized carbons (Fsp3) is 0.375. The Kier molecular flexibility index (Phi) is 8.89. The largest absolute Gasteiger partial charge is 0.522 e. The number of carbonyl (C=O) groups is 1. The average molecular weight is 615 g/mol. The van der Waals surface area contributed by atoms with E-state index in [1.165, 1.54) is 0 Å². The number of anilines is 3. The highest BCUT2D eigenvalue weighted by atomic mass is 35.5. The molecule has 0 saturated heterocycles. The molecule has 2 atom stereocenters. The maximum absolute atomic E-state index is 12.5. The highest BCUT2D eigenvalue weighted by Gasteiger charge is 2.35. The molecule has 1 fully saturated rings. The summed E-state index contributed by atoms with van der Waals surface area (Å²) in [4.78, 5) is 17.4. The summed E-state index contributed by atoms with van der Waals surface area (Å²) in [7, 11) is 0. The predicted molar refractivity (Wildman–Crippen MR) is 162 cm³/mol. The molecule has 43 heavy (non-hydrogen) atoms. The van der Waals surface area contributed by atoms with Gasteiger partial charge in [-0.2, -0.15) is 0 Å². The van der Waals surface area contributed by atoms with Crippen LogP contribution in [0.15, 0.2) is 66.7 Å². The first-order valence-corrected chi connectivity index (χ1v) is 14.5. The van der Waals surface area contributed by atoms with E-state index in [-0.39, 0.29) is 24.0 Å². The van der Waals surface area contributed by atoms with Gasteiger partial charge in [-0.15, -0.1) is 13.2 Å². The van der Waals surface area contributed by atoms with Crippen molar-refractivity contribution < 1.29 is 27.4 Å². The fourth-order valence-electron chi connectivity index (χ4n) is 5.99. The molecule has 1 amide bonds. The Hall–Kier alpha value is -3.76. The molecular weight excluding hydrogens is 581 g/mol. The summed E-state index contributed by atoms with van der Waals surface area (Å²) in [6, 6.07) is 19.3. The van der Waals surface area contributed by atoms with Gasteiger partial charge in [0.05, 0.1) is 28.4 Å². The molecule has 4 aromatic rings. The number of nitrogens with one attached hydrogen (secondary N) is 2. The maximum atomic E-state index is 12.5. The molecule has 1 saturated carbocycles. The smallest absolute Gasteiger partial charge is 0.484 e. The number of alkyl halides is 3. The van der Waals surface area contributed by atoms with E-state index in [2.05, 4.69) is 40.7 Å². The number of hydrogen-bond donors (Lipinski definition) is 2. The number of imidazole rings is 1. The van der Waals surface area contributed by atoms with Gasteiger partial charge in [-0.25, -0.2) is 4.98 Å². The van der Waals surface area contributed by atoms with Gasteiger partial charge in [-0.3, -0.25) is 9.53 Å². The van der Waals surface area contributed by atoms with E-state index in [1.54, 1.807) is 54.6 Å². The fourth-order valence-corrected chi connectivity index (χ4v) is 6.18. The van der Waals surface area contributed by atoms with Crippen molar-refractivity contribution in [3.63, 3.8) is 0 Å². The van der Waals surface area contributed by atoms with Gasteiger partial charge in [0.1, 0.15) is 5.75 Å². The van der Waals surface area contributed by atoms with Crippen LogP contribution in [0.1, 0.15) is 51.6 Å². The third-order valence-electron chi connectivity index (χ3n) is 7.52. The molecule has 1 aromatic heterocycles. The zero-order valence-corrected chi connectivity index (χ0v) is 24.9. The molecule has 0 bridgehead atoms. The number of halogens is 4. The van der Waals surface area contributed by atoms with Crippen LogP contribution in [-0.2, 0) is 16.1 Å². The van der Waals surface area contributed by atoms with Gasteiger partial charge >= 0.3 is 6.36 Å². The van der Waals surface area contributed by atoms with E-state index in [4.69, 9.17) is 21.3 Å². The zero-order valence-electron chi connectivity index (χ0n) is 24.2. The number of ether oxygens (including phenoxy) is 2. The summed E-state index contributed by atoms with van der Waals surface area (Å²) < 4.78 is 49.3. The summed E-state index contributed by atoms with van der Waals surface area (Å²) in [5.41, 5.74) is 3.35. The Labute approximate surface area is 253 Å². The highest BCUT2D eigenvalue weighted by molar-refractivity contribution is 6.33. The summed E-state index contributed by atoms with van der Waals surface area (Å²) in [5.74, 6) is 1.29. The Morgan fingerprint density at radius 2 is 1.84 bits per heavy atom. The molecule has 1 heterocycles. The van der Waals surface area contributed by atoms with Crippen molar-refractivity contribution in [1.29, 1.82) is 0 Å². The molecule has 7 nitrogen and oxygen atoms in total. The van der Waals surface area contributed by atoms with Gasteiger partial charge in [0, 0.05) is 17.8 Å². The van der Waals surface area contributed by atoms with E-state index in [0.29, 0.717) is 45.1 Å². The third-order valence-corrected chi connectivity index (χ3v) is 7.85. The number of carbonyl (C=O) groups excluding carboxylic acids is 1. The number of amides is 1. The minimum atomic E-state index is -4.69. The van der Waals surface area contributed by atoms with Crippen molar-refractivity contribution in [2.45, 2.75) is 59.0 Å². The lowest BCUT2D eigenvalue weighted by Crippen LogP contribution is -2.29. The second-order valence-corrected chi connectivity index (χ2v) is 12.3. The lowest BCUT2D eigenvalue weighted by Gasteiger charge is -2.40.